The van der Waals surface area contributed by atoms with Gasteiger partial charge in [0.1, 0.15) is 0 Å². The third-order valence-electron chi connectivity index (χ3n) is 1.51. The summed E-state index contributed by atoms with van der Waals surface area (Å²) >= 11 is 0. The summed E-state index contributed by atoms with van der Waals surface area (Å²) in [6, 6.07) is 7.18. The number of hydrogen-bond donors (Lipinski definition) is 0. The largest absolute Gasteiger partial charge is 0.354 e. The Morgan fingerprint density at radius 3 is 3.08 bits per heavy atom. The van der Waals surface area contributed by atoms with Crippen molar-refractivity contribution in [3.63, 3.8) is 0 Å². The van der Waals surface area contributed by atoms with E-state index in [1.807, 2.05) is 12.1 Å². The number of rotatable bonds is 1. The van der Waals surface area contributed by atoms with Crippen LogP contribution in [-0.4, -0.2) is 11.2 Å². The predicted molar refractivity (Wildman–Crippen MR) is 41.8 cm³/mol. The molecular formula is C8H4N2O2. The molecule has 4 heteroatoms. The molecule has 58 valence electrons. The van der Waals surface area contributed by atoms with Crippen molar-refractivity contribution in [2.24, 2.45) is 4.99 Å². The summed E-state index contributed by atoms with van der Waals surface area (Å²) in [4.78, 5) is 13.3. The van der Waals surface area contributed by atoms with Gasteiger partial charge in [0.25, 0.3) is 0 Å². The minimum absolute atomic E-state index is 0.278. The molecule has 2 aromatic rings. The fraction of sp³-hybridized carbons (Fsp3) is 0. The number of isocyanates is 1. The Hall–Kier alpha value is -1.93. The van der Waals surface area contributed by atoms with E-state index >= 15 is 0 Å². The number of aromatic nitrogens is 1. The molecule has 2 rings (SSSR count). The highest BCUT2D eigenvalue weighted by atomic mass is 16.5. The van der Waals surface area contributed by atoms with Crippen LogP contribution in [0.1, 0.15) is 0 Å². The molecule has 0 atom stereocenters. The van der Waals surface area contributed by atoms with Crippen LogP contribution in [0.3, 0.4) is 0 Å². The molecule has 0 bridgehead atoms. The lowest BCUT2D eigenvalue weighted by atomic mass is 10.2. The molecular weight excluding hydrogens is 156 g/mol. The van der Waals surface area contributed by atoms with Crippen molar-refractivity contribution in [3.05, 3.63) is 24.3 Å². The van der Waals surface area contributed by atoms with Gasteiger partial charge in [0.2, 0.25) is 11.9 Å². The SMILES string of the molecule is O=C=Nc1noc2ccccc12. The van der Waals surface area contributed by atoms with E-state index in [9.17, 15) is 4.79 Å². The van der Waals surface area contributed by atoms with Crippen LogP contribution < -0.4 is 0 Å². The lowest BCUT2D eigenvalue weighted by molar-refractivity contribution is 0.458. The third-order valence-corrected chi connectivity index (χ3v) is 1.51. The highest BCUT2D eigenvalue weighted by Gasteiger charge is 2.04. The zero-order valence-electron chi connectivity index (χ0n) is 6.02. The monoisotopic (exact) mass is 160 g/mol. The minimum Gasteiger partial charge on any atom is -0.354 e. The normalized spacial score (nSPS) is 9.67. The first-order valence-corrected chi connectivity index (χ1v) is 3.34. The zero-order valence-corrected chi connectivity index (χ0v) is 6.02. The second-order valence-corrected chi connectivity index (χ2v) is 2.21. The van der Waals surface area contributed by atoms with Gasteiger partial charge in [0.15, 0.2) is 5.58 Å². The van der Waals surface area contributed by atoms with Gasteiger partial charge < -0.3 is 4.52 Å². The number of nitrogens with zero attached hydrogens (tertiary/aromatic N) is 2. The molecule has 0 saturated carbocycles. The Balaban J connectivity index is 2.78. The lowest BCUT2D eigenvalue weighted by Crippen LogP contribution is -1.62. The molecule has 0 saturated heterocycles. The number of carbonyl (C=O) groups excluding carboxylic acids is 1. The topological polar surface area (TPSA) is 55.5 Å². The first-order chi connectivity index (χ1) is 5.92. The standard InChI is InChI=1S/C8H4N2O2/c11-5-9-8-6-3-1-2-4-7(6)12-10-8/h1-4H. The van der Waals surface area contributed by atoms with Crippen LogP contribution in [0.25, 0.3) is 11.0 Å². The first-order valence-electron chi connectivity index (χ1n) is 3.34. The van der Waals surface area contributed by atoms with Gasteiger partial charge in [0, 0.05) is 0 Å². The van der Waals surface area contributed by atoms with Gasteiger partial charge >= 0.3 is 0 Å². The van der Waals surface area contributed by atoms with Crippen LogP contribution in [0, 0.1) is 0 Å². The molecule has 0 aliphatic heterocycles. The number of benzene rings is 1. The van der Waals surface area contributed by atoms with E-state index in [0.717, 1.165) is 5.39 Å². The highest BCUT2D eigenvalue weighted by Crippen LogP contribution is 2.23. The fourth-order valence-electron chi connectivity index (χ4n) is 0.996. The molecule has 0 unspecified atom stereocenters. The van der Waals surface area contributed by atoms with Crippen LogP contribution in [-0.2, 0) is 4.79 Å². The molecule has 0 fully saturated rings. The Kier molecular flexibility index (Phi) is 1.47. The van der Waals surface area contributed by atoms with Gasteiger partial charge in [0.05, 0.1) is 5.39 Å². The number of aliphatic imine (C=N–C) groups is 1. The van der Waals surface area contributed by atoms with Crippen molar-refractivity contribution in [1.29, 1.82) is 0 Å². The second kappa shape index (κ2) is 2.60. The van der Waals surface area contributed by atoms with Crippen molar-refractivity contribution < 1.29 is 9.32 Å². The third kappa shape index (κ3) is 0.909. The van der Waals surface area contributed by atoms with E-state index in [-0.39, 0.29) is 5.82 Å². The maximum absolute atomic E-state index is 9.94. The molecule has 0 aliphatic carbocycles. The molecule has 0 aliphatic rings. The Morgan fingerprint density at radius 1 is 1.42 bits per heavy atom. The first kappa shape index (κ1) is 6.76. The molecule has 0 spiro atoms. The van der Waals surface area contributed by atoms with Gasteiger partial charge in [-0.05, 0) is 12.1 Å². The molecule has 0 radical (unpaired) electrons. The molecule has 1 aromatic heterocycles. The quantitative estimate of drug-likeness (QED) is 0.472. The van der Waals surface area contributed by atoms with Gasteiger partial charge in [-0.15, -0.1) is 4.99 Å². The number of fused-ring (bicyclic) bond motifs is 1. The minimum atomic E-state index is 0.278. The van der Waals surface area contributed by atoms with E-state index in [4.69, 9.17) is 4.52 Å². The summed E-state index contributed by atoms with van der Waals surface area (Å²) in [5.41, 5.74) is 0.617. The second-order valence-electron chi connectivity index (χ2n) is 2.21. The van der Waals surface area contributed by atoms with Gasteiger partial charge in [-0.1, -0.05) is 17.3 Å². The predicted octanol–water partition coefficient (Wildman–Crippen LogP) is 1.80. The van der Waals surface area contributed by atoms with Gasteiger partial charge in [-0.25, -0.2) is 4.79 Å². The summed E-state index contributed by atoms with van der Waals surface area (Å²) in [6.45, 7) is 0. The Morgan fingerprint density at radius 2 is 2.25 bits per heavy atom. The van der Waals surface area contributed by atoms with Crippen molar-refractivity contribution >= 4 is 22.9 Å². The van der Waals surface area contributed by atoms with Crippen LogP contribution in [0.4, 0.5) is 5.82 Å². The van der Waals surface area contributed by atoms with Crippen LogP contribution in [0.5, 0.6) is 0 Å². The van der Waals surface area contributed by atoms with Gasteiger partial charge in [-0.3, -0.25) is 0 Å². The summed E-state index contributed by atoms with van der Waals surface area (Å²) in [7, 11) is 0. The van der Waals surface area contributed by atoms with E-state index in [1.54, 1.807) is 12.1 Å². The van der Waals surface area contributed by atoms with E-state index in [1.165, 1.54) is 6.08 Å². The van der Waals surface area contributed by atoms with Crippen molar-refractivity contribution in [3.8, 4) is 0 Å². The maximum atomic E-state index is 9.94. The van der Waals surface area contributed by atoms with Crippen molar-refractivity contribution in [2.75, 3.05) is 0 Å². The van der Waals surface area contributed by atoms with E-state index in [2.05, 4.69) is 10.1 Å². The number of hydrogen-bond acceptors (Lipinski definition) is 4. The maximum Gasteiger partial charge on any atom is 0.242 e. The van der Waals surface area contributed by atoms with Crippen molar-refractivity contribution in [1.82, 2.24) is 5.16 Å². The summed E-state index contributed by atoms with van der Waals surface area (Å²) < 4.78 is 4.88. The summed E-state index contributed by atoms with van der Waals surface area (Å²) in [6.07, 6.45) is 1.41. The summed E-state index contributed by atoms with van der Waals surface area (Å²) in [5.74, 6) is 0.278. The van der Waals surface area contributed by atoms with Crippen LogP contribution in [0.15, 0.2) is 33.8 Å². The van der Waals surface area contributed by atoms with E-state index < -0.39 is 0 Å². The summed E-state index contributed by atoms with van der Waals surface area (Å²) in [5, 5.41) is 4.30. The average Bonchev–Trinajstić information content (AvgIpc) is 2.50. The van der Waals surface area contributed by atoms with Crippen molar-refractivity contribution in [2.45, 2.75) is 0 Å². The Labute approximate surface area is 67.5 Å². The molecule has 0 N–H and O–H groups in total. The Bertz CT molecular complexity index is 455. The molecule has 1 heterocycles. The lowest BCUT2D eigenvalue weighted by Gasteiger charge is -1.81. The van der Waals surface area contributed by atoms with Crippen LogP contribution >= 0.6 is 0 Å². The van der Waals surface area contributed by atoms with Gasteiger partial charge in [-0.2, -0.15) is 0 Å². The molecule has 4 nitrogen and oxygen atoms in total. The fourth-order valence-corrected chi connectivity index (χ4v) is 0.996. The molecule has 1 aromatic carbocycles. The zero-order chi connectivity index (χ0) is 8.39. The average molecular weight is 160 g/mol. The van der Waals surface area contributed by atoms with E-state index in [0.29, 0.717) is 5.58 Å². The number of para-hydroxylation sites is 1. The molecule has 12 heavy (non-hydrogen) atoms. The van der Waals surface area contributed by atoms with Crippen LogP contribution in [0.2, 0.25) is 0 Å². The molecule has 0 amide bonds. The highest BCUT2D eigenvalue weighted by molar-refractivity contribution is 5.87. The smallest absolute Gasteiger partial charge is 0.242 e.